The van der Waals surface area contributed by atoms with Gasteiger partial charge in [-0.05, 0) is 30.7 Å². The second-order valence-corrected chi connectivity index (χ2v) is 5.89. The zero-order valence-electron chi connectivity index (χ0n) is 14.1. The van der Waals surface area contributed by atoms with Crippen molar-refractivity contribution in [1.82, 2.24) is 5.32 Å². The van der Waals surface area contributed by atoms with Crippen LogP contribution >= 0.6 is 0 Å². The van der Waals surface area contributed by atoms with E-state index < -0.39 is 0 Å². The summed E-state index contributed by atoms with van der Waals surface area (Å²) >= 11 is 0. The summed E-state index contributed by atoms with van der Waals surface area (Å²) in [6.07, 6.45) is 0. The maximum absolute atomic E-state index is 12.3. The molecule has 1 fully saturated rings. The second kappa shape index (κ2) is 7.70. The molecule has 0 aliphatic carbocycles. The predicted molar refractivity (Wildman–Crippen MR) is 97.0 cm³/mol. The molecule has 0 spiro atoms. The average molecular weight is 339 g/mol. The number of hydrogen-bond acceptors (Lipinski definition) is 4. The number of hydrogen-bond donors (Lipinski definition) is 2. The fourth-order valence-corrected chi connectivity index (χ4v) is 2.75. The van der Waals surface area contributed by atoms with E-state index in [0.29, 0.717) is 24.5 Å². The average Bonchev–Trinajstić information content (AvgIpc) is 2.61. The van der Waals surface area contributed by atoms with Gasteiger partial charge >= 0.3 is 0 Å². The summed E-state index contributed by atoms with van der Waals surface area (Å²) in [5, 5.41) is 5.67. The minimum atomic E-state index is -0.239. The molecular formula is C19H21N3O3. The molecule has 1 aliphatic rings. The molecule has 0 aromatic heterocycles. The fraction of sp³-hybridized carbons (Fsp3) is 0.263. The number of nitrogens with one attached hydrogen (secondary N) is 2. The van der Waals surface area contributed by atoms with Gasteiger partial charge in [-0.25, -0.2) is 0 Å². The Morgan fingerprint density at radius 2 is 1.96 bits per heavy atom. The molecule has 6 heteroatoms. The summed E-state index contributed by atoms with van der Waals surface area (Å²) in [5.41, 5.74) is 2.49. The zero-order chi connectivity index (χ0) is 17.6. The Balaban J connectivity index is 1.65. The van der Waals surface area contributed by atoms with Crippen molar-refractivity contribution in [2.45, 2.75) is 6.92 Å². The van der Waals surface area contributed by atoms with Crippen LogP contribution in [-0.2, 0) is 9.59 Å². The predicted octanol–water partition coefficient (Wildman–Crippen LogP) is 1.95. The normalized spacial score (nSPS) is 14.0. The van der Waals surface area contributed by atoms with Gasteiger partial charge in [-0.15, -0.1) is 0 Å². The van der Waals surface area contributed by atoms with E-state index in [1.54, 1.807) is 0 Å². The highest BCUT2D eigenvalue weighted by Crippen LogP contribution is 2.26. The Morgan fingerprint density at radius 1 is 1.20 bits per heavy atom. The lowest BCUT2D eigenvalue weighted by molar-refractivity contribution is -0.120. The smallest absolute Gasteiger partial charge is 0.262 e. The summed E-state index contributed by atoms with van der Waals surface area (Å²) in [5.74, 6) is 0.436. The van der Waals surface area contributed by atoms with Gasteiger partial charge in [0.1, 0.15) is 5.75 Å². The highest BCUT2D eigenvalue weighted by Gasteiger charge is 2.19. The molecule has 3 rings (SSSR count). The van der Waals surface area contributed by atoms with Crippen molar-refractivity contribution in [2.75, 3.05) is 36.5 Å². The van der Waals surface area contributed by atoms with Gasteiger partial charge in [-0.1, -0.05) is 30.3 Å². The standard InChI is InChI=1S/C19H21N3O3/c1-14-6-2-5-9-17(14)25-13-19(24)21-15-7-3-4-8-16(15)22-11-10-20-18(23)12-22/h2-9H,10-13H2,1H3,(H,20,23)(H,21,24). The molecule has 0 unspecified atom stereocenters. The summed E-state index contributed by atoms with van der Waals surface area (Å²) in [4.78, 5) is 25.8. The van der Waals surface area contributed by atoms with Crippen LogP contribution in [0.15, 0.2) is 48.5 Å². The van der Waals surface area contributed by atoms with Crippen LogP contribution in [0.1, 0.15) is 5.56 Å². The summed E-state index contributed by atoms with van der Waals surface area (Å²) in [6.45, 7) is 3.45. The van der Waals surface area contributed by atoms with Crippen molar-refractivity contribution >= 4 is 23.2 Å². The number of anilines is 2. The number of piperazine rings is 1. The number of aryl methyl sites for hydroxylation is 1. The zero-order valence-corrected chi connectivity index (χ0v) is 14.1. The van der Waals surface area contributed by atoms with Gasteiger partial charge in [0.05, 0.1) is 17.9 Å². The molecule has 2 aromatic carbocycles. The van der Waals surface area contributed by atoms with Crippen LogP contribution in [0.5, 0.6) is 5.75 Å². The Hall–Kier alpha value is -3.02. The Morgan fingerprint density at radius 3 is 2.76 bits per heavy atom. The van der Waals surface area contributed by atoms with Crippen LogP contribution in [-0.4, -0.2) is 38.1 Å². The van der Waals surface area contributed by atoms with Gasteiger partial charge < -0.3 is 20.3 Å². The first kappa shape index (κ1) is 16.8. The molecule has 0 atom stereocenters. The summed E-state index contributed by atoms with van der Waals surface area (Å²) < 4.78 is 5.58. The number of ether oxygens (including phenoxy) is 1. The van der Waals surface area contributed by atoms with Crippen LogP contribution in [0.25, 0.3) is 0 Å². The number of amides is 2. The van der Waals surface area contributed by atoms with Gasteiger partial charge in [-0.2, -0.15) is 0 Å². The molecule has 2 aromatic rings. The molecular weight excluding hydrogens is 318 g/mol. The van der Waals surface area contributed by atoms with E-state index in [9.17, 15) is 9.59 Å². The molecule has 6 nitrogen and oxygen atoms in total. The van der Waals surface area contributed by atoms with Gasteiger partial charge in [-0.3, -0.25) is 9.59 Å². The van der Waals surface area contributed by atoms with E-state index in [4.69, 9.17) is 4.74 Å². The minimum Gasteiger partial charge on any atom is -0.483 e. The Kier molecular flexibility index (Phi) is 5.18. The van der Waals surface area contributed by atoms with Gasteiger partial charge in [0.15, 0.2) is 6.61 Å². The molecule has 0 saturated carbocycles. The lowest BCUT2D eigenvalue weighted by Gasteiger charge is -2.30. The third kappa shape index (κ3) is 4.29. The minimum absolute atomic E-state index is 0.0183. The van der Waals surface area contributed by atoms with Crippen molar-refractivity contribution in [3.8, 4) is 5.75 Å². The second-order valence-electron chi connectivity index (χ2n) is 5.89. The molecule has 0 bridgehead atoms. The van der Waals surface area contributed by atoms with E-state index in [-0.39, 0.29) is 25.0 Å². The number of para-hydroxylation sites is 3. The lowest BCUT2D eigenvalue weighted by atomic mass is 10.2. The van der Waals surface area contributed by atoms with Gasteiger partial charge in [0.25, 0.3) is 5.91 Å². The first-order valence-corrected chi connectivity index (χ1v) is 8.22. The monoisotopic (exact) mass is 339 g/mol. The third-order valence-corrected chi connectivity index (χ3v) is 4.01. The van der Waals surface area contributed by atoms with Crippen molar-refractivity contribution in [3.05, 3.63) is 54.1 Å². The van der Waals surface area contributed by atoms with Crippen LogP contribution in [0.4, 0.5) is 11.4 Å². The van der Waals surface area contributed by atoms with Gasteiger partial charge in [0, 0.05) is 13.1 Å². The van der Waals surface area contributed by atoms with Crippen molar-refractivity contribution < 1.29 is 14.3 Å². The quantitative estimate of drug-likeness (QED) is 0.873. The molecule has 0 radical (unpaired) electrons. The van der Waals surface area contributed by atoms with Gasteiger partial charge in [0.2, 0.25) is 5.91 Å². The Bertz CT molecular complexity index is 776. The maximum Gasteiger partial charge on any atom is 0.262 e. The van der Waals surface area contributed by atoms with Crippen LogP contribution in [0, 0.1) is 6.92 Å². The lowest BCUT2D eigenvalue weighted by Crippen LogP contribution is -2.48. The van der Waals surface area contributed by atoms with E-state index in [0.717, 1.165) is 11.3 Å². The number of benzene rings is 2. The first-order chi connectivity index (χ1) is 12.1. The van der Waals surface area contributed by atoms with Crippen molar-refractivity contribution in [2.24, 2.45) is 0 Å². The fourth-order valence-electron chi connectivity index (χ4n) is 2.75. The number of rotatable bonds is 5. The first-order valence-electron chi connectivity index (χ1n) is 8.22. The number of carbonyl (C=O) groups excluding carboxylic acids is 2. The highest BCUT2D eigenvalue weighted by atomic mass is 16.5. The number of nitrogens with zero attached hydrogens (tertiary/aromatic N) is 1. The van der Waals surface area contributed by atoms with Crippen LogP contribution in [0.2, 0.25) is 0 Å². The van der Waals surface area contributed by atoms with E-state index in [2.05, 4.69) is 10.6 Å². The highest BCUT2D eigenvalue weighted by molar-refractivity contribution is 5.96. The maximum atomic E-state index is 12.3. The molecule has 2 N–H and O–H groups in total. The molecule has 25 heavy (non-hydrogen) atoms. The molecule has 2 amide bonds. The van der Waals surface area contributed by atoms with Crippen molar-refractivity contribution in [3.63, 3.8) is 0 Å². The molecule has 130 valence electrons. The van der Waals surface area contributed by atoms with E-state index in [1.165, 1.54) is 0 Å². The van der Waals surface area contributed by atoms with Crippen molar-refractivity contribution in [1.29, 1.82) is 0 Å². The Labute approximate surface area is 146 Å². The van der Waals surface area contributed by atoms with E-state index >= 15 is 0 Å². The van der Waals surface area contributed by atoms with Crippen LogP contribution in [0.3, 0.4) is 0 Å². The topological polar surface area (TPSA) is 70.7 Å². The molecule has 1 aliphatic heterocycles. The molecule has 1 heterocycles. The molecule has 1 saturated heterocycles. The SMILES string of the molecule is Cc1ccccc1OCC(=O)Nc1ccccc1N1CCNC(=O)C1. The third-order valence-electron chi connectivity index (χ3n) is 4.01. The summed E-state index contributed by atoms with van der Waals surface area (Å²) in [7, 11) is 0. The van der Waals surface area contributed by atoms with Crippen LogP contribution < -0.4 is 20.3 Å². The number of carbonyl (C=O) groups is 2. The summed E-state index contributed by atoms with van der Waals surface area (Å²) in [6, 6.07) is 15.0. The van der Waals surface area contributed by atoms with E-state index in [1.807, 2.05) is 60.4 Å². The largest absolute Gasteiger partial charge is 0.483 e.